The highest BCUT2D eigenvalue weighted by molar-refractivity contribution is 7.80. The van der Waals surface area contributed by atoms with Gasteiger partial charge < -0.3 is 4.74 Å². The first-order chi connectivity index (χ1) is 3.72. The van der Waals surface area contributed by atoms with Crippen molar-refractivity contribution in [3.63, 3.8) is 0 Å². The van der Waals surface area contributed by atoms with Crippen LogP contribution in [-0.4, -0.2) is 24.2 Å². The molecular formula is C4H7ClO2S. The summed E-state index contributed by atoms with van der Waals surface area (Å²) in [7, 11) is 1.29. The molecular weight excluding hydrogens is 148 g/mol. The molecule has 0 saturated heterocycles. The number of hydrogen-bond donors (Lipinski definition) is 1. The average molecular weight is 155 g/mol. The van der Waals surface area contributed by atoms with Gasteiger partial charge >= 0.3 is 5.97 Å². The summed E-state index contributed by atoms with van der Waals surface area (Å²) in [6, 6.07) is 0. The molecule has 0 aliphatic heterocycles. The van der Waals surface area contributed by atoms with Crippen LogP contribution in [0, 0.1) is 0 Å². The van der Waals surface area contributed by atoms with E-state index in [-0.39, 0.29) is 0 Å². The highest BCUT2D eigenvalue weighted by atomic mass is 35.5. The van der Waals surface area contributed by atoms with Crippen LogP contribution in [0.25, 0.3) is 0 Å². The number of carbonyl (C=O) groups is 1. The second kappa shape index (κ2) is 4.04. The standard InChI is InChI=1S/C4H7ClO2S/c1-7-4(6)3(5)2-8/h3,8H,2H2,1H3. The summed E-state index contributed by atoms with van der Waals surface area (Å²) >= 11 is 9.14. The first kappa shape index (κ1) is 8.11. The molecule has 0 saturated carbocycles. The van der Waals surface area contributed by atoms with E-state index in [1.807, 2.05) is 0 Å². The quantitative estimate of drug-likeness (QED) is 0.360. The molecule has 48 valence electrons. The lowest BCUT2D eigenvalue weighted by Gasteiger charge is -2.00. The molecule has 1 unspecified atom stereocenters. The molecule has 8 heavy (non-hydrogen) atoms. The third-order valence-electron chi connectivity index (χ3n) is 0.617. The van der Waals surface area contributed by atoms with Gasteiger partial charge in [0.05, 0.1) is 7.11 Å². The van der Waals surface area contributed by atoms with Gasteiger partial charge in [-0.2, -0.15) is 12.6 Å². The van der Waals surface area contributed by atoms with Crippen LogP contribution in [0.15, 0.2) is 0 Å². The van der Waals surface area contributed by atoms with Crippen LogP contribution in [0.1, 0.15) is 0 Å². The van der Waals surface area contributed by atoms with Gasteiger partial charge in [0, 0.05) is 5.75 Å². The zero-order valence-electron chi connectivity index (χ0n) is 4.43. The molecule has 0 amide bonds. The monoisotopic (exact) mass is 154 g/mol. The third-order valence-corrected chi connectivity index (χ3v) is 1.53. The molecule has 0 aromatic heterocycles. The smallest absolute Gasteiger partial charge is 0.324 e. The minimum Gasteiger partial charge on any atom is -0.468 e. The first-order valence-corrected chi connectivity index (χ1v) is 3.12. The van der Waals surface area contributed by atoms with Crippen molar-refractivity contribution in [2.45, 2.75) is 5.38 Å². The molecule has 0 fully saturated rings. The highest BCUT2D eigenvalue weighted by Crippen LogP contribution is 1.99. The van der Waals surface area contributed by atoms with E-state index in [1.165, 1.54) is 7.11 Å². The maximum Gasteiger partial charge on any atom is 0.324 e. The summed E-state index contributed by atoms with van der Waals surface area (Å²) in [5.41, 5.74) is 0. The summed E-state index contributed by atoms with van der Waals surface area (Å²) in [4.78, 5) is 10.3. The maximum atomic E-state index is 10.3. The number of thiol groups is 1. The Morgan fingerprint density at radius 1 is 2.00 bits per heavy atom. The molecule has 0 aromatic carbocycles. The van der Waals surface area contributed by atoms with Crippen molar-refractivity contribution >= 4 is 30.2 Å². The van der Waals surface area contributed by atoms with E-state index in [1.54, 1.807) is 0 Å². The van der Waals surface area contributed by atoms with E-state index >= 15 is 0 Å². The van der Waals surface area contributed by atoms with E-state index < -0.39 is 11.3 Å². The maximum absolute atomic E-state index is 10.3. The second-order valence-corrected chi connectivity index (χ2v) is 2.07. The summed E-state index contributed by atoms with van der Waals surface area (Å²) in [5.74, 6) is -0.115. The predicted octanol–water partition coefficient (Wildman–Crippen LogP) is 0.697. The Balaban J connectivity index is 3.46. The highest BCUT2D eigenvalue weighted by Gasteiger charge is 2.11. The zero-order chi connectivity index (χ0) is 6.57. The number of ether oxygens (including phenoxy) is 1. The Labute approximate surface area is 58.6 Å². The van der Waals surface area contributed by atoms with Gasteiger partial charge in [-0.15, -0.1) is 11.6 Å². The van der Waals surface area contributed by atoms with Gasteiger partial charge in [0.1, 0.15) is 5.38 Å². The molecule has 0 bridgehead atoms. The Hall–Kier alpha value is 0.110. The van der Waals surface area contributed by atoms with E-state index in [0.29, 0.717) is 5.75 Å². The molecule has 0 spiro atoms. The topological polar surface area (TPSA) is 26.3 Å². The zero-order valence-corrected chi connectivity index (χ0v) is 6.08. The van der Waals surface area contributed by atoms with Crippen molar-refractivity contribution in [2.75, 3.05) is 12.9 Å². The molecule has 0 aromatic rings. The molecule has 0 rings (SSSR count). The number of halogens is 1. The van der Waals surface area contributed by atoms with Gasteiger partial charge in [-0.25, -0.2) is 0 Å². The fraction of sp³-hybridized carbons (Fsp3) is 0.750. The minimum atomic E-state index is -0.608. The number of carbonyl (C=O) groups excluding carboxylic acids is 1. The second-order valence-electron chi connectivity index (χ2n) is 1.17. The number of alkyl halides is 1. The van der Waals surface area contributed by atoms with Gasteiger partial charge in [0.25, 0.3) is 0 Å². The number of hydrogen-bond acceptors (Lipinski definition) is 3. The Kier molecular flexibility index (Phi) is 4.09. The van der Waals surface area contributed by atoms with Crippen molar-refractivity contribution in [1.29, 1.82) is 0 Å². The van der Waals surface area contributed by atoms with Crippen LogP contribution in [0.4, 0.5) is 0 Å². The molecule has 0 heterocycles. The number of rotatable bonds is 2. The molecule has 0 aliphatic carbocycles. The first-order valence-electron chi connectivity index (χ1n) is 2.05. The number of esters is 1. The molecule has 4 heteroatoms. The van der Waals surface area contributed by atoms with Crippen LogP contribution in [-0.2, 0) is 9.53 Å². The average Bonchev–Trinajstić information content (AvgIpc) is 1.84. The Morgan fingerprint density at radius 3 is 2.62 bits per heavy atom. The predicted molar refractivity (Wildman–Crippen MR) is 35.5 cm³/mol. The molecule has 0 N–H and O–H groups in total. The van der Waals surface area contributed by atoms with Gasteiger partial charge in [-0.3, -0.25) is 4.79 Å². The van der Waals surface area contributed by atoms with Gasteiger partial charge in [-0.1, -0.05) is 0 Å². The molecule has 2 nitrogen and oxygen atoms in total. The van der Waals surface area contributed by atoms with Gasteiger partial charge in [0.15, 0.2) is 0 Å². The van der Waals surface area contributed by atoms with Crippen LogP contribution >= 0.6 is 24.2 Å². The van der Waals surface area contributed by atoms with E-state index in [9.17, 15) is 4.79 Å². The van der Waals surface area contributed by atoms with E-state index in [4.69, 9.17) is 11.6 Å². The van der Waals surface area contributed by atoms with E-state index in [0.717, 1.165) is 0 Å². The summed E-state index contributed by atoms with van der Waals surface area (Å²) in [6.45, 7) is 0. The molecule has 0 radical (unpaired) electrons. The van der Waals surface area contributed by atoms with Crippen molar-refractivity contribution in [3.05, 3.63) is 0 Å². The molecule has 0 aliphatic rings. The third kappa shape index (κ3) is 2.43. The lowest BCUT2D eigenvalue weighted by atomic mass is 10.5. The largest absolute Gasteiger partial charge is 0.468 e. The fourth-order valence-corrected chi connectivity index (χ4v) is 0.441. The van der Waals surface area contributed by atoms with Crippen LogP contribution in [0.5, 0.6) is 0 Å². The minimum absolute atomic E-state index is 0.314. The van der Waals surface area contributed by atoms with Crippen molar-refractivity contribution in [1.82, 2.24) is 0 Å². The summed E-state index contributed by atoms with van der Waals surface area (Å²) in [6.07, 6.45) is 0. The summed E-state index contributed by atoms with van der Waals surface area (Å²) in [5, 5.41) is -0.608. The van der Waals surface area contributed by atoms with Crippen molar-refractivity contribution in [3.8, 4) is 0 Å². The number of methoxy groups -OCH3 is 1. The van der Waals surface area contributed by atoms with Crippen LogP contribution < -0.4 is 0 Å². The van der Waals surface area contributed by atoms with E-state index in [2.05, 4.69) is 17.4 Å². The fourth-order valence-electron chi connectivity index (χ4n) is 0.202. The summed E-state index contributed by atoms with van der Waals surface area (Å²) < 4.78 is 4.28. The van der Waals surface area contributed by atoms with Gasteiger partial charge in [-0.05, 0) is 0 Å². The Bertz CT molecular complexity index is 86.1. The lowest BCUT2D eigenvalue weighted by Crippen LogP contribution is -2.17. The van der Waals surface area contributed by atoms with Crippen molar-refractivity contribution in [2.24, 2.45) is 0 Å². The van der Waals surface area contributed by atoms with Crippen LogP contribution in [0.3, 0.4) is 0 Å². The van der Waals surface area contributed by atoms with Crippen molar-refractivity contribution < 1.29 is 9.53 Å². The normalized spacial score (nSPS) is 12.9. The molecule has 1 atom stereocenters. The SMILES string of the molecule is COC(=O)C(Cl)CS. The lowest BCUT2D eigenvalue weighted by molar-refractivity contribution is -0.139. The van der Waals surface area contributed by atoms with Gasteiger partial charge in [0.2, 0.25) is 0 Å². The Morgan fingerprint density at radius 2 is 2.50 bits per heavy atom. The van der Waals surface area contributed by atoms with Crippen LogP contribution in [0.2, 0.25) is 0 Å².